The number of nitriles is 1. The van der Waals surface area contributed by atoms with Gasteiger partial charge < -0.3 is 9.72 Å². The van der Waals surface area contributed by atoms with Crippen molar-refractivity contribution in [2.24, 2.45) is 0 Å². The average molecular weight is 299 g/mol. The van der Waals surface area contributed by atoms with Gasteiger partial charge in [0.05, 0.1) is 29.4 Å². The third-order valence-corrected chi connectivity index (χ3v) is 3.52. The van der Waals surface area contributed by atoms with Gasteiger partial charge in [-0.05, 0) is 36.5 Å². The maximum atomic E-state index is 13.9. The topological polar surface area (TPSA) is 53.7 Å². The molecular formula is C15H10FN3OS. The summed E-state index contributed by atoms with van der Waals surface area (Å²) in [5.74, 6) is -0.300. The number of aromatic nitrogens is 2. The molecule has 3 rings (SSSR count). The zero-order valence-corrected chi connectivity index (χ0v) is 11.9. The Balaban J connectivity index is 2.31. The van der Waals surface area contributed by atoms with Crippen molar-refractivity contribution in [3.63, 3.8) is 0 Å². The summed E-state index contributed by atoms with van der Waals surface area (Å²) >= 11 is 5.29. The predicted molar refractivity (Wildman–Crippen MR) is 79.7 cm³/mol. The molecule has 6 heteroatoms. The number of H-pyrrole nitrogens is 1. The maximum Gasteiger partial charge on any atom is 0.182 e. The molecule has 0 unspecified atom stereocenters. The van der Waals surface area contributed by atoms with Crippen molar-refractivity contribution in [1.29, 1.82) is 5.26 Å². The lowest BCUT2D eigenvalue weighted by molar-refractivity contribution is 0.386. The zero-order chi connectivity index (χ0) is 15.0. The highest BCUT2D eigenvalue weighted by Gasteiger charge is 2.11. The van der Waals surface area contributed by atoms with Crippen LogP contribution >= 0.6 is 12.2 Å². The standard InChI is InChI=1S/C15H10FN3OS/c1-20-13-6-5-10(7-11(13)16)19-12-4-2-3-9(8-17)14(12)18-15(19)21/h2-7H,1H3,(H,18,21). The summed E-state index contributed by atoms with van der Waals surface area (Å²) in [7, 11) is 1.41. The van der Waals surface area contributed by atoms with E-state index in [9.17, 15) is 4.39 Å². The molecule has 0 saturated carbocycles. The first-order valence-electron chi connectivity index (χ1n) is 6.13. The molecule has 0 bridgehead atoms. The molecule has 1 heterocycles. The van der Waals surface area contributed by atoms with Gasteiger partial charge in [-0.1, -0.05) is 6.07 Å². The molecule has 1 N–H and O–H groups in total. The number of benzene rings is 2. The van der Waals surface area contributed by atoms with Crippen molar-refractivity contribution in [3.05, 3.63) is 52.5 Å². The summed E-state index contributed by atoms with van der Waals surface area (Å²) in [6, 6.07) is 12.0. The number of methoxy groups -OCH3 is 1. The van der Waals surface area contributed by atoms with Crippen LogP contribution in [-0.4, -0.2) is 16.7 Å². The average Bonchev–Trinajstić information content (AvgIpc) is 2.82. The Morgan fingerprint density at radius 3 is 2.81 bits per heavy atom. The van der Waals surface area contributed by atoms with Crippen LogP contribution in [0.2, 0.25) is 0 Å². The lowest BCUT2D eigenvalue weighted by atomic mass is 10.2. The summed E-state index contributed by atoms with van der Waals surface area (Å²) in [5.41, 5.74) is 2.43. The first-order chi connectivity index (χ1) is 10.2. The molecule has 21 heavy (non-hydrogen) atoms. The lowest BCUT2D eigenvalue weighted by Gasteiger charge is -2.07. The zero-order valence-electron chi connectivity index (χ0n) is 11.1. The molecule has 0 aliphatic rings. The number of nitrogens with zero attached hydrogens (tertiary/aromatic N) is 2. The van der Waals surface area contributed by atoms with E-state index in [-0.39, 0.29) is 5.75 Å². The van der Waals surface area contributed by atoms with E-state index in [0.717, 1.165) is 5.52 Å². The van der Waals surface area contributed by atoms with E-state index in [1.807, 2.05) is 6.07 Å². The van der Waals surface area contributed by atoms with Crippen LogP contribution in [0.15, 0.2) is 36.4 Å². The normalized spacial score (nSPS) is 10.5. The second-order valence-corrected chi connectivity index (χ2v) is 4.78. The Labute approximate surface area is 125 Å². The van der Waals surface area contributed by atoms with Gasteiger partial charge in [0.25, 0.3) is 0 Å². The number of fused-ring (bicyclic) bond motifs is 1. The lowest BCUT2D eigenvalue weighted by Crippen LogP contribution is -1.96. The molecule has 104 valence electrons. The van der Waals surface area contributed by atoms with Gasteiger partial charge in [0.2, 0.25) is 0 Å². The van der Waals surface area contributed by atoms with Crippen LogP contribution in [0.25, 0.3) is 16.7 Å². The first-order valence-corrected chi connectivity index (χ1v) is 6.54. The molecule has 0 spiro atoms. The number of hydrogen-bond acceptors (Lipinski definition) is 3. The number of para-hydroxylation sites is 1. The first kappa shape index (κ1) is 13.3. The molecule has 0 amide bonds. The van der Waals surface area contributed by atoms with Gasteiger partial charge in [0.15, 0.2) is 16.3 Å². The largest absolute Gasteiger partial charge is 0.494 e. The summed E-state index contributed by atoms with van der Waals surface area (Å²) in [4.78, 5) is 2.99. The predicted octanol–water partition coefficient (Wildman–Crippen LogP) is 3.71. The third kappa shape index (κ3) is 2.08. The van der Waals surface area contributed by atoms with Crippen LogP contribution in [0.3, 0.4) is 0 Å². The van der Waals surface area contributed by atoms with Gasteiger partial charge in [0, 0.05) is 6.07 Å². The van der Waals surface area contributed by atoms with Crippen LogP contribution in [0.1, 0.15) is 5.56 Å². The minimum atomic E-state index is -0.470. The Kier molecular flexibility index (Phi) is 3.20. The van der Waals surface area contributed by atoms with Crippen molar-refractivity contribution < 1.29 is 9.13 Å². The van der Waals surface area contributed by atoms with Gasteiger partial charge in [-0.15, -0.1) is 0 Å². The summed E-state index contributed by atoms with van der Waals surface area (Å²) < 4.78 is 20.9. The SMILES string of the molecule is COc1ccc(-n2c(=S)[nH]c3c(C#N)cccc32)cc1F. The number of halogens is 1. The van der Waals surface area contributed by atoms with E-state index in [2.05, 4.69) is 11.1 Å². The van der Waals surface area contributed by atoms with E-state index in [1.54, 1.807) is 28.8 Å². The van der Waals surface area contributed by atoms with Crippen molar-refractivity contribution in [3.8, 4) is 17.5 Å². The Morgan fingerprint density at radius 1 is 1.33 bits per heavy atom. The van der Waals surface area contributed by atoms with Crippen LogP contribution in [0.4, 0.5) is 4.39 Å². The summed E-state index contributed by atoms with van der Waals surface area (Å²) in [6.45, 7) is 0. The van der Waals surface area contributed by atoms with Crippen molar-refractivity contribution in [2.75, 3.05) is 7.11 Å². The summed E-state index contributed by atoms with van der Waals surface area (Å²) in [6.07, 6.45) is 0. The van der Waals surface area contributed by atoms with Crippen molar-refractivity contribution >= 4 is 23.3 Å². The highest BCUT2D eigenvalue weighted by atomic mass is 32.1. The molecule has 0 radical (unpaired) electrons. The molecular weight excluding hydrogens is 289 g/mol. The molecule has 2 aromatic carbocycles. The Hall–Kier alpha value is -2.65. The number of hydrogen-bond donors (Lipinski definition) is 1. The molecule has 4 nitrogen and oxygen atoms in total. The van der Waals surface area contributed by atoms with Crippen molar-refractivity contribution in [1.82, 2.24) is 9.55 Å². The molecule has 0 fully saturated rings. The minimum absolute atomic E-state index is 0.169. The van der Waals surface area contributed by atoms with Crippen molar-refractivity contribution in [2.45, 2.75) is 0 Å². The molecule has 0 atom stereocenters. The van der Waals surface area contributed by atoms with Gasteiger partial charge in [-0.25, -0.2) is 4.39 Å². The molecule has 0 aliphatic carbocycles. The molecule has 1 aromatic heterocycles. The highest BCUT2D eigenvalue weighted by Crippen LogP contribution is 2.25. The maximum absolute atomic E-state index is 13.9. The van der Waals surface area contributed by atoms with Gasteiger partial charge in [-0.3, -0.25) is 4.57 Å². The summed E-state index contributed by atoms with van der Waals surface area (Å²) in [5, 5.41) is 9.13. The molecule has 0 aliphatic heterocycles. The Bertz CT molecular complexity index is 936. The van der Waals surface area contributed by atoms with Gasteiger partial charge in [0.1, 0.15) is 6.07 Å². The fraction of sp³-hybridized carbons (Fsp3) is 0.0667. The van der Waals surface area contributed by atoms with Crippen LogP contribution in [0, 0.1) is 21.9 Å². The second-order valence-electron chi connectivity index (χ2n) is 4.40. The molecule has 0 saturated heterocycles. The van der Waals surface area contributed by atoms with Crippen LogP contribution in [-0.2, 0) is 0 Å². The number of rotatable bonds is 2. The van der Waals surface area contributed by atoms with Crippen LogP contribution < -0.4 is 4.74 Å². The monoisotopic (exact) mass is 299 g/mol. The quantitative estimate of drug-likeness (QED) is 0.734. The minimum Gasteiger partial charge on any atom is -0.494 e. The second kappa shape index (κ2) is 5.04. The number of ether oxygens (including phenoxy) is 1. The fourth-order valence-corrected chi connectivity index (χ4v) is 2.58. The highest BCUT2D eigenvalue weighted by molar-refractivity contribution is 7.71. The Morgan fingerprint density at radius 2 is 2.14 bits per heavy atom. The van der Waals surface area contributed by atoms with E-state index in [1.165, 1.54) is 13.2 Å². The van der Waals surface area contributed by atoms with Gasteiger partial charge in [-0.2, -0.15) is 5.26 Å². The fourth-order valence-electron chi connectivity index (χ4n) is 2.27. The third-order valence-electron chi connectivity index (χ3n) is 3.23. The number of imidazole rings is 1. The molecule has 3 aromatic rings. The van der Waals surface area contributed by atoms with E-state index < -0.39 is 5.82 Å². The smallest absolute Gasteiger partial charge is 0.182 e. The van der Waals surface area contributed by atoms with E-state index >= 15 is 0 Å². The number of nitrogens with one attached hydrogen (secondary N) is 1. The van der Waals surface area contributed by atoms with E-state index in [4.69, 9.17) is 22.2 Å². The van der Waals surface area contributed by atoms with Gasteiger partial charge >= 0.3 is 0 Å². The van der Waals surface area contributed by atoms with E-state index in [0.29, 0.717) is 21.5 Å². The number of aromatic amines is 1. The van der Waals surface area contributed by atoms with Crippen LogP contribution in [0.5, 0.6) is 5.75 Å².